The normalized spacial score (nSPS) is 10.7. The third-order valence-electron chi connectivity index (χ3n) is 3.58. The number of hydrogen-bond donors (Lipinski definition) is 2. The Morgan fingerprint density at radius 1 is 1.25 bits per heavy atom. The van der Waals surface area contributed by atoms with Gasteiger partial charge in [0.1, 0.15) is 9.63 Å². The molecule has 0 aliphatic heterocycles. The highest BCUT2D eigenvalue weighted by Crippen LogP contribution is 2.44. The first-order chi connectivity index (χ1) is 13.3. The molecule has 11 nitrogen and oxygen atoms in total. The Kier molecular flexibility index (Phi) is 5.25. The van der Waals surface area contributed by atoms with Gasteiger partial charge >= 0.3 is 5.69 Å². The minimum atomic E-state index is -0.871. The second-order valence-corrected chi connectivity index (χ2v) is 6.31. The Morgan fingerprint density at radius 2 is 1.96 bits per heavy atom. The Bertz CT molecular complexity index is 1090. The molecule has 2 heterocycles. The summed E-state index contributed by atoms with van der Waals surface area (Å²) in [6.45, 7) is 0. The smallest absolute Gasteiger partial charge is 0.315 e. The molecule has 0 aliphatic carbocycles. The maximum absolute atomic E-state index is 11.0. The molecule has 0 spiro atoms. The van der Waals surface area contributed by atoms with Gasteiger partial charge in [0.2, 0.25) is 17.5 Å². The monoisotopic (exact) mass is 472 g/mol. The number of methoxy groups -OCH3 is 2. The van der Waals surface area contributed by atoms with Crippen LogP contribution in [-0.2, 0) is 0 Å². The van der Waals surface area contributed by atoms with Crippen molar-refractivity contribution in [2.75, 3.05) is 14.2 Å². The van der Waals surface area contributed by atoms with Gasteiger partial charge in [-0.15, -0.1) is 0 Å². The van der Waals surface area contributed by atoms with Gasteiger partial charge in [0, 0.05) is 6.07 Å². The standard InChI is InChI=1S/C15H10BrClN4O7/c1-26-11-8(12(16)18-15(27-2)9(11)17)13-19-14(28-20-13)5-3-6(21(24)25)10(23)7(22)4-5/h3-4,22-23H,1-2H3. The molecule has 0 saturated heterocycles. The molecule has 3 aromatic rings. The lowest BCUT2D eigenvalue weighted by atomic mass is 10.1. The number of halogens is 2. The Hall–Kier alpha value is -3.12. The molecule has 3 rings (SSSR count). The van der Waals surface area contributed by atoms with E-state index in [1.54, 1.807) is 0 Å². The van der Waals surface area contributed by atoms with Crippen LogP contribution >= 0.6 is 27.5 Å². The Balaban J connectivity index is 2.14. The number of pyridine rings is 1. The summed E-state index contributed by atoms with van der Waals surface area (Å²) < 4.78 is 15.7. The summed E-state index contributed by atoms with van der Waals surface area (Å²) >= 11 is 9.45. The molecule has 146 valence electrons. The fourth-order valence-corrected chi connectivity index (χ4v) is 3.13. The number of nitrogens with zero attached hydrogens (tertiary/aromatic N) is 4. The molecule has 13 heteroatoms. The van der Waals surface area contributed by atoms with Gasteiger partial charge < -0.3 is 24.2 Å². The summed E-state index contributed by atoms with van der Waals surface area (Å²) in [4.78, 5) is 18.4. The van der Waals surface area contributed by atoms with Crippen molar-refractivity contribution in [3.63, 3.8) is 0 Å². The van der Waals surface area contributed by atoms with E-state index < -0.39 is 22.1 Å². The van der Waals surface area contributed by atoms with E-state index in [0.717, 1.165) is 12.1 Å². The molecule has 0 aliphatic rings. The minimum Gasteiger partial charge on any atom is -0.504 e. The van der Waals surface area contributed by atoms with Crippen LogP contribution in [0.25, 0.3) is 22.8 Å². The van der Waals surface area contributed by atoms with Crippen molar-refractivity contribution in [3.8, 4) is 46.0 Å². The van der Waals surface area contributed by atoms with Crippen molar-refractivity contribution >= 4 is 33.2 Å². The molecule has 0 fully saturated rings. The van der Waals surface area contributed by atoms with Crippen molar-refractivity contribution in [1.82, 2.24) is 15.1 Å². The van der Waals surface area contributed by atoms with Gasteiger partial charge in [0.15, 0.2) is 11.5 Å². The molecule has 0 amide bonds. The van der Waals surface area contributed by atoms with Crippen LogP contribution in [0, 0.1) is 10.1 Å². The predicted octanol–water partition coefficient (Wildman–Crippen LogP) is 3.55. The van der Waals surface area contributed by atoms with E-state index in [2.05, 4.69) is 31.1 Å². The van der Waals surface area contributed by atoms with Gasteiger partial charge in [-0.3, -0.25) is 10.1 Å². The van der Waals surface area contributed by atoms with Gasteiger partial charge in [-0.05, 0) is 22.0 Å². The van der Waals surface area contributed by atoms with Crippen LogP contribution in [0.5, 0.6) is 23.1 Å². The van der Waals surface area contributed by atoms with Crippen molar-refractivity contribution < 1.29 is 29.1 Å². The first-order valence-corrected chi connectivity index (χ1v) is 8.47. The number of nitro groups is 1. The average molecular weight is 474 g/mol. The lowest BCUT2D eigenvalue weighted by Gasteiger charge is -2.11. The van der Waals surface area contributed by atoms with Crippen molar-refractivity contribution in [2.45, 2.75) is 0 Å². The second-order valence-electron chi connectivity index (χ2n) is 5.18. The first-order valence-electron chi connectivity index (χ1n) is 7.30. The van der Waals surface area contributed by atoms with E-state index in [1.807, 2.05) is 0 Å². The van der Waals surface area contributed by atoms with Gasteiger partial charge in [-0.25, -0.2) is 4.98 Å². The SMILES string of the molecule is COc1nc(Br)c(-c2noc(-c3cc(O)c(O)c([N+](=O)[O-])c3)n2)c(OC)c1Cl. The maximum Gasteiger partial charge on any atom is 0.315 e. The summed E-state index contributed by atoms with van der Waals surface area (Å²) in [5, 5.41) is 34.2. The topological polar surface area (TPSA) is 154 Å². The highest BCUT2D eigenvalue weighted by molar-refractivity contribution is 9.10. The van der Waals surface area contributed by atoms with Crippen LogP contribution < -0.4 is 9.47 Å². The molecule has 28 heavy (non-hydrogen) atoms. The van der Waals surface area contributed by atoms with Gasteiger partial charge in [0.05, 0.1) is 30.3 Å². The largest absolute Gasteiger partial charge is 0.504 e. The molecule has 0 saturated carbocycles. The fourth-order valence-electron chi connectivity index (χ4n) is 2.32. The highest BCUT2D eigenvalue weighted by atomic mass is 79.9. The molecular formula is C15H10BrClN4O7. The Labute approximate surface area is 169 Å². The molecule has 1 aromatic carbocycles. The number of hydrogen-bond acceptors (Lipinski definition) is 10. The lowest BCUT2D eigenvalue weighted by molar-refractivity contribution is -0.385. The Morgan fingerprint density at radius 3 is 2.57 bits per heavy atom. The highest BCUT2D eigenvalue weighted by Gasteiger charge is 2.26. The van der Waals surface area contributed by atoms with E-state index in [0.29, 0.717) is 0 Å². The first kappa shape index (κ1) is 19.6. The quantitative estimate of drug-likeness (QED) is 0.243. The van der Waals surface area contributed by atoms with Crippen molar-refractivity contribution in [2.24, 2.45) is 0 Å². The number of benzene rings is 1. The van der Waals surface area contributed by atoms with Crippen molar-refractivity contribution in [3.05, 3.63) is 31.9 Å². The summed E-state index contributed by atoms with van der Waals surface area (Å²) in [6.07, 6.45) is 0. The zero-order chi connectivity index (χ0) is 20.6. The van der Waals surface area contributed by atoms with Crippen LogP contribution in [0.3, 0.4) is 0 Å². The molecule has 0 bridgehead atoms. The zero-order valence-electron chi connectivity index (χ0n) is 14.1. The van der Waals surface area contributed by atoms with E-state index in [9.17, 15) is 20.3 Å². The number of nitro benzene ring substituents is 1. The summed E-state index contributed by atoms with van der Waals surface area (Å²) in [5.41, 5.74) is -0.452. The zero-order valence-corrected chi connectivity index (χ0v) is 16.5. The summed E-state index contributed by atoms with van der Waals surface area (Å²) in [7, 11) is 2.76. The number of rotatable bonds is 5. The number of aromatic hydroxyl groups is 2. The molecule has 0 atom stereocenters. The van der Waals surface area contributed by atoms with Crippen LogP contribution in [-0.4, -0.2) is 44.5 Å². The maximum atomic E-state index is 11.0. The van der Waals surface area contributed by atoms with Gasteiger partial charge in [0.25, 0.3) is 5.89 Å². The lowest BCUT2D eigenvalue weighted by Crippen LogP contribution is -1.98. The number of phenolic OH excluding ortho intramolecular Hbond substituents is 2. The van der Waals surface area contributed by atoms with E-state index in [1.165, 1.54) is 14.2 Å². The number of ether oxygens (including phenoxy) is 2. The third-order valence-corrected chi connectivity index (χ3v) is 4.49. The van der Waals surface area contributed by atoms with Crippen LogP contribution in [0.2, 0.25) is 5.02 Å². The molecule has 0 radical (unpaired) electrons. The summed E-state index contributed by atoms with van der Waals surface area (Å²) in [5.74, 6) is -1.47. The van der Waals surface area contributed by atoms with Crippen molar-refractivity contribution in [1.29, 1.82) is 0 Å². The van der Waals surface area contributed by atoms with Gasteiger partial charge in [-0.1, -0.05) is 16.8 Å². The van der Waals surface area contributed by atoms with Gasteiger partial charge in [-0.2, -0.15) is 4.98 Å². The predicted molar refractivity (Wildman–Crippen MR) is 98.8 cm³/mol. The number of phenols is 2. The summed E-state index contributed by atoms with van der Waals surface area (Å²) in [6, 6.07) is 2.03. The van der Waals surface area contributed by atoms with E-state index >= 15 is 0 Å². The van der Waals surface area contributed by atoms with Crippen LogP contribution in [0.4, 0.5) is 5.69 Å². The van der Waals surface area contributed by atoms with E-state index in [-0.39, 0.29) is 44.1 Å². The molecular weight excluding hydrogens is 464 g/mol. The fraction of sp³-hybridized carbons (Fsp3) is 0.133. The van der Waals surface area contributed by atoms with Crippen LogP contribution in [0.1, 0.15) is 0 Å². The van der Waals surface area contributed by atoms with Crippen LogP contribution in [0.15, 0.2) is 21.3 Å². The minimum absolute atomic E-state index is 0.00555. The third kappa shape index (κ3) is 3.27. The average Bonchev–Trinajstić information content (AvgIpc) is 3.14. The number of aromatic nitrogens is 3. The second kappa shape index (κ2) is 7.48. The molecule has 0 unspecified atom stereocenters. The molecule has 2 aromatic heterocycles. The molecule has 2 N–H and O–H groups in total. The van der Waals surface area contributed by atoms with E-state index in [4.69, 9.17) is 25.6 Å².